The van der Waals surface area contributed by atoms with Gasteiger partial charge in [0.2, 0.25) is 0 Å². The Kier molecular flexibility index (Phi) is 6.08. The molecule has 128 valence electrons. The Morgan fingerprint density at radius 1 is 1.04 bits per heavy atom. The number of Topliss-reactive ketones (excluding diaryl/α,β-unsaturated/α-hetero) is 1. The fourth-order valence-electron chi connectivity index (χ4n) is 2.31. The lowest BCUT2D eigenvalue weighted by molar-refractivity contribution is 0.0948. The third-order valence-corrected chi connectivity index (χ3v) is 5.21. The van der Waals surface area contributed by atoms with Crippen LogP contribution < -0.4 is 4.72 Å². The standard InChI is InChI=1S/C20H25NO2S/c1-15-10-12-17(13-11-15)24(23)21-19(20(2,3)4)14-18(22)16-8-6-5-7-9-16/h5-13,19,21H,14H2,1-4H3/t19-,24?/m1/s1. The highest BCUT2D eigenvalue weighted by molar-refractivity contribution is 7.83. The van der Waals surface area contributed by atoms with Crippen LogP contribution in [0.4, 0.5) is 0 Å². The predicted molar refractivity (Wildman–Crippen MR) is 99.4 cm³/mol. The number of carbonyl (C=O) groups is 1. The second-order valence-electron chi connectivity index (χ2n) is 7.11. The summed E-state index contributed by atoms with van der Waals surface area (Å²) in [5.74, 6) is 0.0592. The van der Waals surface area contributed by atoms with Gasteiger partial charge in [0.25, 0.3) is 0 Å². The Bertz CT molecular complexity index is 703. The zero-order chi connectivity index (χ0) is 17.7. The molecule has 3 nitrogen and oxygen atoms in total. The number of rotatable bonds is 6. The summed E-state index contributed by atoms with van der Waals surface area (Å²) in [6.45, 7) is 8.15. The summed E-state index contributed by atoms with van der Waals surface area (Å²) in [6, 6.07) is 16.7. The number of hydrogen-bond donors (Lipinski definition) is 1. The van der Waals surface area contributed by atoms with Gasteiger partial charge < -0.3 is 0 Å². The van der Waals surface area contributed by atoms with Gasteiger partial charge in [0.05, 0.1) is 4.90 Å². The summed E-state index contributed by atoms with van der Waals surface area (Å²) in [5, 5.41) is 0. The third-order valence-electron chi connectivity index (χ3n) is 4.02. The molecule has 1 N–H and O–H groups in total. The van der Waals surface area contributed by atoms with Crippen LogP contribution in [0.2, 0.25) is 0 Å². The number of benzene rings is 2. The van der Waals surface area contributed by atoms with E-state index in [2.05, 4.69) is 25.5 Å². The molecule has 0 bridgehead atoms. The van der Waals surface area contributed by atoms with Gasteiger partial charge in [0.1, 0.15) is 11.0 Å². The summed E-state index contributed by atoms with van der Waals surface area (Å²) in [5.41, 5.74) is 1.63. The van der Waals surface area contributed by atoms with Gasteiger partial charge in [-0.05, 0) is 24.5 Å². The number of nitrogens with one attached hydrogen (secondary N) is 1. The van der Waals surface area contributed by atoms with Gasteiger partial charge >= 0.3 is 0 Å². The minimum atomic E-state index is -1.34. The molecule has 0 aliphatic heterocycles. The Labute approximate surface area is 147 Å². The molecule has 0 fully saturated rings. The van der Waals surface area contributed by atoms with E-state index in [0.29, 0.717) is 12.0 Å². The second-order valence-corrected chi connectivity index (χ2v) is 8.36. The summed E-state index contributed by atoms with van der Waals surface area (Å²) in [6.07, 6.45) is 0.311. The molecule has 2 atom stereocenters. The van der Waals surface area contributed by atoms with Gasteiger partial charge in [-0.15, -0.1) is 0 Å². The zero-order valence-electron chi connectivity index (χ0n) is 14.7. The molecular formula is C20H25NO2S. The zero-order valence-corrected chi connectivity index (χ0v) is 15.5. The van der Waals surface area contributed by atoms with Crippen molar-refractivity contribution in [2.45, 2.75) is 45.1 Å². The minimum Gasteiger partial charge on any atom is -0.294 e. The largest absolute Gasteiger partial charge is 0.294 e. The number of carbonyl (C=O) groups excluding carboxylic acids is 1. The summed E-state index contributed by atoms with van der Waals surface area (Å²) >= 11 is 0. The van der Waals surface area contributed by atoms with Gasteiger partial charge in [-0.3, -0.25) is 4.79 Å². The first-order chi connectivity index (χ1) is 11.3. The SMILES string of the molecule is Cc1ccc(S(=O)N[C@H](CC(=O)c2ccccc2)C(C)(C)C)cc1. The Hall–Kier alpha value is -1.78. The highest BCUT2D eigenvalue weighted by Gasteiger charge is 2.29. The molecule has 2 aromatic carbocycles. The fourth-order valence-corrected chi connectivity index (χ4v) is 3.53. The van der Waals surface area contributed by atoms with Crippen molar-refractivity contribution in [3.8, 4) is 0 Å². The van der Waals surface area contributed by atoms with Gasteiger partial charge in [-0.1, -0.05) is 68.8 Å². The van der Waals surface area contributed by atoms with Crippen LogP contribution in [-0.4, -0.2) is 16.0 Å². The van der Waals surface area contributed by atoms with Crippen LogP contribution >= 0.6 is 0 Å². The van der Waals surface area contributed by atoms with Gasteiger partial charge in [-0.25, -0.2) is 8.93 Å². The molecule has 4 heteroatoms. The van der Waals surface area contributed by atoms with Gasteiger partial charge in [0.15, 0.2) is 5.78 Å². The maximum Gasteiger partial charge on any atom is 0.164 e. The fraction of sp³-hybridized carbons (Fsp3) is 0.350. The lowest BCUT2D eigenvalue weighted by atomic mass is 9.83. The van der Waals surface area contributed by atoms with Gasteiger partial charge in [0, 0.05) is 18.0 Å². The lowest BCUT2D eigenvalue weighted by Crippen LogP contribution is -2.42. The molecule has 0 spiro atoms. The van der Waals surface area contributed by atoms with E-state index in [0.717, 1.165) is 10.5 Å². The molecule has 1 unspecified atom stereocenters. The average molecular weight is 343 g/mol. The molecule has 0 aliphatic rings. The smallest absolute Gasteiger partial charge is 0.164 e. The van der Waals surface area contributed by atoms with E-state index in [4.69, 9.17) is 0 Å². The topological polar surface area (TPSA) is 46.2 Å². The van der Waals surface area contributed by atoms with E-state index in [1.807, 2.05) is 61.5 Å². The molecular weight excluding hydrogens is 318 g/mol. The first-order valence-corrected chi connectivity index (χ1v) is 9.25. The van der Waals surface area contributed by atoms with Gasteiger partial charge in [-0.2, -0.15) is 0 Å². The third kappa shape index (κ3) is 5.11. The molecule has 0 aliphatic carbocycles. The Morgan fingerprint density at radius 2 is 1.62 bits per heavy atom. The van der Waals surface area contributed by atoms with Crippen molar-refractivity contribution in [1.29, 1.82) is 0 Å². The van der Waals surface area contributed by atoms with Crippen molar-refractivity contribution >= 4 is 16.8 Å². The van der Waals surface area contributed by atoms with Crippen LogP contribution in [0, 0.1) is 12.3 Å². The lowest BCUT2D eigenvalue weighted by Gasteiger charge is -2.30. The maximum absolute atomic E-state index is 12.6. The van der Waals surface area contributed by atoms with E-state index < -0.39 is 11.0 Å². The van der Waals surface area contributed by atoms with Crippen molar-refractivity contribution in [3.05, 3.63) is 65.7 Å². The van der Waals surface area contributed by atoms with Crippen LogP contribution in [-0.2, 0) is 11.0 Å². The minimum absolute atomic E-state index is 0.0592. The van der Waals surface area contributed by atoms with Crippen LogP contribution in [0.15, 0.2) is 59.5 Å². The number of ketones is 1. The van der Waals surface area contributed by atoms with E-state index in [-0.39, 0.29) is 17.2 Å². The molecule has 0 saturated heterocycles. The molecule has 2 aromatic rings. The predicted octanol–water partition coefficient (Wildman–Crippen LogP) is 4.29. The maximum atomic E-state index is 12.6. The van der Waals surface area contributed by atoms with Crippen LogP contribution in [0.5, 0.6) is 0 Å². The van der Waals surface area contributed by atoms with Crippen molar-refractivity contribution in [1.82, 2.24) is 4.72 Å². The second kappa shape index (κ2) is 7.86. The van der Waals surface area contributed by atoms with Crippen molar-refractivity contribution in [2.75, 3.05) is 0 Å². The summed E-state index contributed by atoms with van der Waals surface area (Å²) in [7, 11) is -1.34. The van der Waals surface area contributed by atoms with Crippen LogP contribution in [0.25, 0.3) is 0 Å². The molecule has 0 amide bonds. The van der Waals surface area contributed by atoms with E-state index in [9.17, 15) is 9.00 Å². The Balaban J connectivity index is 2.13. The molecule has 0 aromatic heterocycles. The van der Waals surface area contributed by atoms with E-state index in [1.165, 1.54) is 0 Å². The molecule has 2 rings (SSSR count). The first-order valence-electron chi connectivity index (χ1n) is 8.10. The van der Waals surface area contributed by atoms with E-state index >= 15 is 0 Å². The number of aryl methyl sites for hydroxylation is 1. The molecule has 0 radical (unpaired) electrons. The molecule has 24 heavy (non-hydrogen) atoms. The monoisotopic (exact) mass is 343 g/mol. The summed E-state index contributed by atoms with van der Waals surface area (Å²) < 4.78 is 15.8. The molecule has 0 saturated carbocycles. The van der Waals surface area contributed by atoms with Crippen molar-refractivity contribution in [3.63, 3.8) is 0 Å². The average Bonchev–Trinajstić information content (AvgIpc) is 2.54. The van der Waals surface area contributed by atoms with Crippen molar-refractivity contribution < 1.29 is 9.00 Å². The quantitative estimate of drug-likeness (QED) is 0.795. The van der Waals surface area contributed by atoms with Crippen molar-refractivity contribution in [2.24, 2.45) is 5.41 Å². The first kappa shape index (κ1) is 18.6. The summed E-state index contributed by atoms with van der Waals surface area (Å²) in [4.78, 5) is 13.2. The van der Waals surface area contributed by atoms with Crippen LogP contribution in [0.3, 0.4) is 0 Å². The highest BCUT2D eigenvalue weighted by atomic mass is 32.2. The number of hydrogen-bond acceptors (Lipinski definition) is 2. The van der Waals surface area contributed by atoms with E-state index in [1.54, 1.807) is 0 Å². The molecule has 0 heterocycles. The van der Waals surface area contributed by atoms with Crippen LogP contribution in [0.1, 0.15) is 43.1 Å². The Morgan fingerprint density at radius 3 is 2.17 bits per heavy atom. The highest BCUT2D eigenvalue weighted by Crippen LogP contribution is 2.24. The normalized spacial score (nSPS) is 14.2.